The quantitative estimate of drug-likeness (QED) is 0.792. The van der Waals surface area contributed by atoms with E-state index < -0.39 is 0 Å². The van der Waals surface area contributed by atoms with Crippen LogP contribution < -0.4 is 0 Å². The topological polar surface area (TPSA) is 42.4 Å². The minimum atomic E-state index is -0.291. The Kier molecular flexibility index (Phi) is 4.25. The van der Waals surface area contributed by atoms with Gasteiger partial charge in [0.2, 0.25) is 5.91 Å². The molecule has 2 rings (SSSR count). The van der Waals surface area contributed by atoms with Crippen LogP contribution in [0.1, 0.15) is 12.1 Å². The number of hydrogen-bond donors (Lipinski definition) is 0. The number of halogens is 1. The third-order valence-corrected chi connectivity index (χ3v) is 3.18. The third kappa shape index (κ3) is 3.04. The molecule has 0 radical (unpaired) electrons. The zero-order valence-corrected chi connectivity index (χ0v) is 10.4. The molecular weight excluding hydrogens is 235 g/mol. The molecule has 0 saturated carbocycles. The summed E-state index contributed by atoms with van der Waals surface area (Å²) >= 11 is 0. The smallest absolute Gasteiger partial charge is 0.223 e. The van der Waals surface area contributed by atoms with Gasteiger partial charge >= 0.3 is 0 Å². The third-order valence-electron chi connectivity index (χ3n) is 3.18. The summed E-state index contributed by atoms with van der Waals surface area (Å²) < 4.78 is 18.4. The maximum absolute atomic E-state index is 13.5. The average molecular weight is 252 g/mol. The van der Waals surface area contributed by atoms with Crippen molar-refractivity contribution in [2.75, 3.05) is 26.8 Å². The fourth-order valence-corrected chi connectivity index (χ4v) is 2.25. The van der Waals surface area contributed by atoms with Crippen LogP contribution in [0, 0.1) is 11.7 Å². The molecule has 18 heavy (non-hydrogen) atoms. The van der Waals surface area contributed by atoms with Crippen molar-refractivity contribution in [3.63, 3.8) is 0 Å². The van der Waals surface area contributed by atoms with E-state index in [2.05, 4.69) is 4.98 Å². The first-order chi connectivity index (χ1) is 8.70. The molecule has 0 N–H and O–H groups in total. The molecule has 1 aliphatic rings. The first-order valence-electron chi connectivity index (χ1n) is 6.07. The predicted molar refractivity (Wildman–Crippen MR) is 64.5 cm³/mol. The van der Waals surface area contributed by atoms with Crippen LogP contribution in [0.3, 0.4) is 0 Å². The molecule has 2 heterocycles. The van der Waals surface area contributed by atoms with Gasteiger partial charge in [0.05, 0.1) is 12.3 Å². The van der Waals surface area contributed by atoms with E-state index in [4.69, 9.17) is 4.74 Å². The first kappa shape index (κ1) is 13.0. The van der Waals surface area contributed by atoms with Gasteiger partial charge in [-0.2, -0.15) is 0 Å². The van der Waals surface area contributed by atoms with E-state index in [-0.39, 0.29) is 17.6 Å². The number of carbonyl (C=O) groups is 1. The fraction of sp³-hybridized carbons (Fsp3) is 0.538. The summed E-state index contributed by atoms with van der Waals surface area (Å²) in [5.41, 5.74) is 0.448. The molecule has 0 aromatic carbocycles. The summed E-state index contributed by atoms with van der Waals surface area (Å²) in [5, 5.41) is 0. The monoisotopic (exact) mass is 252 g/mol. The number of pyridine rings is 1. The van der Waals surface area contributed by atoms with E-state index in [9.17, 15) is 9.18 Å². The number of methoxy groups -OCH3 is 1. The van der Waals surface area contributed by atoms with E-state index in [0.29, 0.717) is 38.2 Å². The van der Waals surface area contributed by atoms with Gasteiger partial charge in [0.1, 0.15) is 5.82 Å². The molecule has 1 atom stereocenters. The highest BCUT2D eigenvalue weighted by molar-refractivity contribution is 5.78. The Morgan fingerprint density at radius 3 is 3.17 bits per heavy atom. The zero-order valence-electron chi connectivity index (χ0n) is 10.4. The Morgan fingerprint density at radius 2 is 2.44 bits per heavy atom. The SMILES string of the molecule is COCCN1CC(Cc2ncccc2F)CC1=O. The fourth-order valence-electron chi connectivity index (χ4n) is 2.25. The first-order valence-corrected chi connectivity index (χ1v) is 6.07. The molecule has 0 aliphatic carbocycles. The van der Waals surface area contributed by atoms with Crippen LogP contribution in [-0.4, -0.2) is 42.6 Å². The van der Waals surface area contributed by atoms with Crippen LogP contribution in [-0.2, 0) is 16.0 Å². The number of hydrogen-bond acceptors (Lipinski definition) is 3. The van der Waals surface area contributed by atoms with Crippen molar-refractivity contribution in [3.05, 3.63) is 29.8 Å². The molecule has 98 valence electrons. The van der Waals surface area contributed by atoms with E-state index in [1.54, 1.807) is 24.3 Å². The van der Waals surface area contributed by atoms with Crippen LogP contribution in [0.4, 0.5) is 4.39 Å². The van der Waals surface area contributed by atoms with Crippen LogP contribution >= 0.6 is 0 Å². The Bertz CT molecular complexity index is 425. The molecule has 1 fully saturated rings. The number of carbonyl (C=O) groups excluding carboxylic acids is 1. The molecule has 1 aromatic rings. The number of likely N-dealkylation sites (tertiary alicyclic amines) is 1. The lowest BCUT2D eigenvalue weighted by molar-refractivity contribution is -0.128. The van der Waals surface area contributed by atoms with Crippen LogP contribution in [0.25, 0.3) is 0 Å². The Balaban J connectivity index is 1.92. The van der Waals surface area contributed by atoms with Crippen molar-refractivity contribution >= 4 is 5.91 Å². The Morgan fingerprint density at radius 1 is 1.61 bits per heavy atom. The van der Waals surface area contributed by atoms with Gasteiger partial charge in [0.15, 0.2) is 0 Å². The highest BCUT2D eigenvalue weighted by atomic mass is 19.1. The normalized spacial score (nSPS) is 19.6. The summed E-state index contributed by atoms with van der Waals surface area (Å²) in [4.78, 5) is 17.5. The number of amides is 1. The number of rotatable bonds is 5. The molecular formula is C13H17FN2O2. The maximum Gasteiger partial charge on any atom is 0.223 e. The van der Waals surface area contributed by atoms with E-state index in [0.717, 1.165) is 0 Å². The van der Waals surface area contributed by atoms with Crippen molar-refractivity contribution in [3.8, 4) is 0 Å². The maximum atomic E-state index is 13.5. The van der Waals surface area contributed by atoms with Crippen molar-refractivity contribution in [1.29, 1.82) is 0 Å². The van der Waals surface area contributed by atoms with Gasteiger partial charge in [-0.1, -0.05) is 0 Å². The Hall–Kier alpha value is -1.49. The molecule has 1 aromatic heterocycles. The number of ether oxygens (including phenoxy) is 1. The molecule has 1 saturated heterocycles. The minimum absolute atomic E-state index is 0.119. The second kappa shape index (κ2) is 5.91. The van der Waals surface area contributed by atoms with Crippen molar-refractivity contribution in [2.45, 2.75) is 12.8 Å². The number of nitrogens with zero attached hydrogens (tertiary/aromatic N) is 2. The molecule has 4 nitrogen and oxygen atoms in total. The van der Waals surface area contributed by atoms with Crippen LogP contribution in [0.2, 0.25) is 0 Å². The summed E-state index contributed by atoms with van der Waals surface area (Å²) in [6.07, 6.45) is 2.57. The van der Waals surface area contributed by atoms with Crippen molar-refractivity contribution in [1.82, 2.24) is 9.88 Å². The molecule has 0 bridgehead atoms. The Labute approximate surface area is 106 Å². The summed E-state index contributed by atoms with van der Waals surface area (Å²) in [6, 6.07) is 2.98. The van der Waals surface area contributed by atoms with Crippen molar-refractivity contribution < 1.29 is 13.9 Å². The minimum Gasteiger partial charge on any atom is -0.383 e. The molecule has 5 heteroatoms. The molecule has 1 unspecified atom stereocenters. The van der Waals surface area contributed by atoms with Gasteiger partial charge in [0.25, 0.3) is 0 Å². The van der Waals surface area contributed by atoms with Gasteiger partial charge in [-0.3, -0.25) is 9.78 Å². The number of aromatic nitrogens is 1. The zero-order chi connectivity index (χ0) is 13.0. The van der Waals surface area contributed by atoms with Crippen LogP contribution in [0.15, 0.2) is 18.3 Å². The van der Waals surface area contributed by atoms with Gasteiger partial charge in [0, 0.05) is 32.8 Å². The summed E-state index contributed by atoms with van der Waals surface area (Å²) in [5.74, 6) is -0.0209. The molecule has 1 aliphatic heterocycles. The van der Waals surface area contributed by atoms with Gasteiger partial charge in [-0.05, 0) is 24.5 Å². The van der Waals surface area contributed by atoms with Gasteiger partial charge in [-0.25, -0.2) is 4.39 Å². The molecule has 1 amide bonds. The van der Waals surface area contributed by atoms with Gasteiger partial charge < -0.3 is 9.64 Å². The second-order valence-corrected chi connectivity index (χ2v) is 4.54. The van der Waals surface area contributed by atoms with E-state index >= 15 is 0 Å². The lowest BCUT2D eigenvalue weighted by atomic mass is 10.0. The van der Waals surface area contributed by atoms with Crippen molar-refractivity contribution in [2.24, 2.45) is 5.92 Å². The average Bonchev–Trinajstić information content (AvgIpc) is 2.70. The summed E-state index contributed by atoms with van der Waals surface area (Å²) in [7, 11) is 1.61. The highest BCUT2D eigenvalue weighted by Gasteiger charge is 2.29. The van der Waals surface area contributed by atoms with Crippen LogP contribution in [0.5, 0.6) is 0 Å². The highest BCUT2D eigenvalue weighted by Crippen LogP contribution is 2.21. The lowest BCUT2D eigenvalue weighted by Crippen LogP contribution is -2.29. The standard InChI is InChI=1S/C13H17FN2O2/c1-18-6-5-16-9-10(8-13(16)17)7-12-11(14)3-2-4-15-12/h2-4,10H,5-9H2,1H3. The molecule has 0 spiro atoms. The van der Waals surface area contributed by atoms with E-state index in [1.165, 1.54) is 6.07 Å². The van der Waals surface area contributed by atoms with E-state index in [1.807, 2.05) is 0 Å². The van der Waals surface area contributed by atoms with Gasteiger partial charge in [-0.15, -0.1) is 0 Å². The lowest BCUT2D eigenvalue weighted by Gasteiger charge is -2.15. The second-order valence-electron chi connectivity index (χ2n) is 4.54. The largest absolute Gasteiger partial charge is 0.383 e. The summed E-state index contributed by atoms with van der Waals surface area (Å²) in [6.45, 7) is 1.81. The predicted octanol–water partition coefficient (Wildman–Crippen LogP) is 1.26.